The molecule has 4 heteroatoms. The van der Waals surface area contributed by atoms with Gasteiger partial charge in [0.1, 0.15) is 0 Å². The Morgan fingerprint density at radius 3 is 2.43 bits per heavy atom. The van der Waals surface area contributed by atoms with Crippen LogP contribution in [-0.2, 0) is 6.42 Å². The summed E-state index contributed by atoms with van der Waals surface area (Å²) in [5.41, 5.74) is 0.975. The van der Waals surface area contributed by atoms with Gasteiger partial charge in [-0.25, -0.2) is 0 Å². The zero-order chi connectivity index (χ0) is 10.6. The fourth-order valence-corrected chi connectivity index (χ4v) is 1.55. The first-order valence-corrected chi connectivity index (χ1v) is 5.25. The zero-order valence-corrected chi connectivity index (χ0v) is 9.53. The lowest BCUT2D eigenvalue weighted by molar-refractivity contribution is -0.535. The van der Waals surface area contributed by atoms with Crippen molar-refractivity contribution in [1.29, 1.82) is 0 Å². The lowest BCUT2D eigenvalue weighted by atomic mass is 10.0. The van der Waals surface area contributed by atoms with E-state index in [0.717, 1.165) is 5.56 Å². The highest BCUT2D eigenvalue weighted by Gasteiger charge is 2.37. The van der Waals surface area contributed by atoms with Gasteiger partial charge in [0.2, 0.25) is 0 Å². The van der Waals surface area contributed by atoms with Crippen LogP contribution in [0.4, 0.5) is 0 Å². The number of alkyl halides is 1. The Morgan fingerprint density at radius 1 is 1.43 bits per heavy atom. The molecule has 0 aromatic heterocycles. The normalized spacial score (nSPS) is 14.7. The summed E-state index contributed by atoms with van der Waals surface area (Å²) in [6, 6.07) is 9.47. The Bertz CT molecular complexity index is 315. The van der Waals surface area contributed by atoms with E-state index < -0.39 is 4.45 Å². The predicted octanol–water partition coefficient (Wildman–Crippen LogP) is 3.01. The number of rotatable bonds is 4. The van der Waals surface area contributed by atoms with E-state index in [-0.39, 0.29) is 4.92 Å². The molecule has 1 unspecified atom stereocenters. The van der Waals surface area contributed by atoms with Gasteiger partial charge in [0.15, 0.2) is 0 Å². The number of nitrogens with zero attached hydrogens (tertiary/aromatic N) is 1. The molecule has 0 saturated heterocycles. The monoisotopic (exact) mass is 257 g/mol. The number of hydrogen-bond donors (Lipinski definition) is 0. The minimum atomic E-state index is -1.02. The van der Waals surface area contributed by atoms with Crippen molar-refractivity contribution in [2.45, 2.75) is 24.2 Å². The molecule has 0 radical (unpaired) electrons. The summed E-state index contributed by atoms with van der Waals surface area (Å²) in [5, 5.41) is 10.8. The van der Waals surface area contributed by atoms with Crippen molar-refractivity contribution >= 4 is 15.9 Å². The molecule has 0 heterocycles. The van der Waals surface area contributed by atoms with Crippen LogP contribution in [0.5, 0.6) is 0 Å². The van der Waals surface area contributed by atoms with E-state index in [1.54, 1.807) is 6.92 Å². The van der Waals surface area contributed by atoms with Gasteiger partial charge in [-0.3, -0.25) is 10.1 Å². The quantitative estimate of drug-likeness (QED) is 0.360. The summed E-state index contributed by atoms with van der Waals surface area (Å²) in [7, 11) is 0. The van der Waals surface area contributed by atoms with Gasteiger partial charge in [0.05, 0.1) is 6.42 Å². The highest BCUT2D eigenvalue weighted by atomic mass is 79.9. The molecule has 0 fully saturated rings. The van der Waals surface area contributed by atoms with Gasteiger partial charge in [0, 0.05) is 27.3 Å². The van der Waals surface area contributed by atoms with Gasteiger partial charge in [-0.1, -0.05) is 37.3 Å². The van der Waals surface area contributed by atoms with Crippen molar-refractivity contribution in [2.24, 2.45) is 0 Å². The van der Waals surface area contributed by atoms with Gasteiger partial charge in [-0.05, 0) is 5.56 Å². The first-order valence-electron chi connectivity index (χ1n) is 4.46. The zero-order valence-electron chi connectivity index (χ0n) is 7.94. The number of hydrogen-bond acceptors (Lipinski definition) is 2. The third kappa shape index (κ3) is 2.54. The summed E-state index contributed by atoms with van der Waals surface area (Å²) in [6.07, 6.45) is 0.881. The van der Waals surface area contributed by atoms with Crippen LogP contribution in [-0.4, -0.2) is 9.37 Å². The molecule has 0 amide bonds. The lowest BCUT2D eigenvalue weighted by Gasteiger charge is -2.16. The Balaban J connectivity index is 2.81. The van der Waals surface area contributed by atoms with Crippen LogP contribution in [0.3, 0.4) is 0 Å². The maximum Gasteiger partial charge on any atom is 0.278 e. The molecular formula is C10H12BrNO2. The standard InChI is InChI=1S/C10H12BrNO2/c1-2-10(11,12(13)14)8-9-6-4-3-5-7-9/h3-7H,2,8H2,1H3. The Morgan fingerprint density at radius 2 is 2.00 bits per heavy atom. The topological polar surface area (TPSA) is 43.1 Å². The van der Waals surface area contributed by atoms with Crippen LogP contribution in [0.2, 0.25) is 0 Å². The molecule has 76 valence electrons. The van der Waals surface area contributed by atoms with E-state index in [4.69, 9.17) is 0 Å². The van der Waals surface area contributed by atoms with Gasteiger partial charge in [-0.15, -0.1) is 0 Å². The molecule has 1 atom stereocenters. The molecule has 0 saturated carbocycles. The largest absolute Gasteiger partial charge is 0.278 e. The smallest absolute Gasteiger partial charge is 0.263 e. The highest BCUT2D eigenvalue weighted by Crippen LogP contribution is 2.27. The van der Waals surface area contributed by atoms with E-state index in [1.807, 2.05) is 30.3 Å². The van der Waals surface area contributed by atoms with Crippen LogP contribution < -0.4 is 0 Å². The Labute approximate surface area is 91.4 Å². The highest BCUT2D eigenvalue weighted by molar-refractivity contribution is 9.10. The lowest BCUT2D eigenvalue weighted by Crippen LogP contribution is -2.32. The van der Waals surface area contributed by atoms with E-state index in [9.17, 15) is 10.1 Å². The molecule has 0 spiro atoms. The van der Waals surface area contributed by atoms with E-state index in [2.05, 4.69) is 15.9 Å². The van der Waals surface area contributed by atoms with Crippen LogP contribution in [0.25, 0.3) is 0 Å². The molecule has 14 heavy (non-hydrogen) atoms. The Kier molecular flexibility index (Phi) is 3.63. The maximum atomic E-state index is 10.8. The molecule has 0 N–H and O–H groups in total. The average Bonchev–Trinajstić information content (AvgIpc) is 2.19. The molecule has 3 nitrogen and oxygen atoms in total. The second-order valence-corrected chi connectivity index (χ2v) is 4.67. The van der Waals surface area contributed by atoms with Crippen molar-refractivity contribution in [2.75, 3.05) is 0 Å². The fraction of sp³-hybridized carbons (Fsp3) is 0.400. The van der Waals surface area contributed by atoms with Gasteiger partial charge >= 0.3 is 0 Å². The molecule has 1 aromatic carbocycles. The van der Waals surface area contributed by atoms with Crippen molar-refractivity contribution in [3.63, 3.8) is 0 Å². The van der Waals surface area contributed by atoms with Crippen molar-refractivity contribution in [3.8, 4) is 0 Å². The maximum absolute atomic E-state index is 10.8. The first kappa shape index (κ1) is 11.2. The van der Waals surface area contributed by atoms with Gasteiger partial charge in [0.25, 0.3) is 4.45 Å². The van der Waals surface area contributed by atoms with Gasteiger partial charge < -0.3 is 0 Å². The molecular weight excluding hydrogens is 246 g/mol. The molecule has 1 rings (SSSR count). The molecule has 0 aliphatic rings. The minimum absolute atomic E-state index is 0.264. The molecule has 0 bridgehead atoms. The summed E-state index contributed by atoms with van der Waals surface area (Å²) in [4.78, 5) is 10.6. The predicted molar refractivity (Wildman–Crippen MR) is 59.1 cm³/mol. The SMILES string of the molecule is CCC(Br)(Cc1ccccc1)[N+](=O)[O-]. The van der Waals surface area contributed by atoms with E-state index in [0.29, 0.717) is 12.8 Å². The summed E-state index contributed by atoms with van der Waals surface area (Å²) >= 11 is 3.19. The summed E-state index contributed by atoms with van der Waals surface area (Å²) < 4.78 is -1.02. The van der Waals surface area contributed by atoms with E-state index in [1.165, 1.54) is 0 Å². The first-order chi connectivity index (χ1) is 6.58. The molecule has 0 aliphatic heterocycles. The number of nitro groups is 1. The van der Waals surface area contributed by atoms with Crippen molar-refractivity contribution in [1.82, 2.24) is 0 Å². The number of benzene rings is 1. The van der Waals surface area contributed by atoms with Crippen LogP contribution in [0.15, 0.2) is 30.3 Å². The number of halogens is 1. The fourth-order valence-electron chi connectivity index (χ4n) is 1.23. The summed E-state index contributed by atoms with van der Waals surface area (Å²) in [6.45, 7) is 1.81. The summed E-state index contributed by atoms with van der Waals surface area (Å²) in [5.74, 6) is 0. The third-order valence-corrected chi connectivity index (χ3v) is 3.32. The third-order valence-electron chi connectivity index (χ3n) is 2.19. The second-order valence-electron chi connectivity index (χ2n) is 3.19. The van der Waals surface area contributed by atoms with Crippen LogP contribution in [0, 0.1) is 10.1 Å². The van der Waals surface area contributed by atoms with Gasteiger partial charge in [-0.2, -0.15) is 0 Å². The van der Waals surface area contributed by atoms with Crippen molar-refractivity contribution in [3.05, 3.63) is 46.0 Å². The minimum Gasteiger partial charge on any atom is -0.263 e. The Hall–Kier alpha value is -0.900. The molecule has 1 aromatic rings. The van der Waals surface area contributed by atoms with Crippen molar-refractivity contribution < 1.29 is 4.92 Å². The second kappa shape index (κ2) is 4.55. The van der Waals surface area contributed by atoms with E-state index >= 15 is 0 Å². The van der Waals surface area contributed by atoms with Crippen LogP contribution in [0.1, 0.15) is 18.9 Å². The average molecular weight is 258 g/mol. The molecule has 0 aliphatic carbocycles. The van der Waals surface area contributed by atoms with Crippen LogP contribution >= 0.6 is 15.9 Å².